The lowest BCUT2D eigenvalue weighted by atomic mass is 10.0. The van der Waals surface area contributed by atoms with Gasteiger partial charge in [-0.3, -0.25) is 0 Å². The van der Waals surface area contributed by atoms with Gasteiger partial charge in [0.15, 0.2) is 11.6 Å². The standard InChI is InChI=1S/C20H22F2O/c1-3-5-6-14-23-18-13-12-17(19(21)20(18)22)16-10-8-15(7-4-2)9-11-16/h6,8-14H,3-5,7H2,1-2H3/b14-6+. The molecule has 0 radical (unpaired) electrons. The van der Waals surface area contributed by atoms with Crippen molar-refractivity contribution in [2.24, 2.45) is 0 Å². The Bertz CT molecular complexity index is 660. The summed E-state index contributed by atoms with van der Waals surface area (Å²) in [6.45, 7) is 4.14. The Kier molecular flexibility index (Phi) is 6.33. The molecule has 2 rings (SSSR count). The fraction of sp³-hybridized carbons (Fsp3) is 0.300. The summed E-state index contributed by atoms with van der Waals surface area (Å²) in [6, 6.07) is 10.6. The van der Waals surface area contributed by atoms with Crippen LogP contribution in [0.2, 0.25) is 0 Å². The lowest BCUT2D eigenvalue weighted by Gasteiger charge is -2.09. The number of hydrogen-bond donors (Lipinski definition) is 0. The summed E-state index contributed by atoms with van der Waals surface area (Å²) >= 11 is 0. The first kappa shape index (κ1) is 17.2. The summed E-state index contributed by atoms with van der Waals surface area (Å²) in [6.07, 6.45) is 7.04. The predicted octanol–water partition coefficient (Wildman–Crippen LogP) is 6.28. The maximum Gasteiger partial charge on any atom is 0.201 e. The number of aryl methyl sites for hydroxylation is 1. The van der Waals surface area contributed by atoms with Crippen LogP contribution in [0.15, 0.2) is 48.7 Å². The van der Waals surface area contributed by atoms with E-state index in [4.69, 9.17) is 4.74 Å². The molecule has 0 N–H and O–H groups in total. The Morgan fingerprint density at radius 2 is 1.65 bits per heavy atom. The second-order valence-electron chi connectivity index (χ2n) is 5.46. The van der Waals surface area contributed by atoms with Crippen LogP contribution in [0.3, 0.4) is 0 Å². The lowest BCUT2D eigenvalue weighted by molar-refractivity contribution is 0.414. The molecule has 0 aliphatic carbocycles. The largest absolute Gasteiger partial charge is 0.462 e. The highest BCUT2D eigenvalue weighted by atomic mass is 19.2. The molecule has 122 valence electrons. The van der Waals surface area contributed by atoms with Crippen LogP contribution in [0, 0.1) is 11.6 Å². The highest BCUT2D eigenvalue weighted by Crippen LogP contribution is 2.30. The fourth-order valence-corrected chi connectivity index (χ4v) is 2.34. The van der Waals surface area contributed by atoms with E-state index in [1.54, 1.807) is 12.1 Å². The molecule has 2 aromatic carbocycles. The second kappa shape index (κ2) is 8.47. The van der Waals surface area contributed by atoms with Gasteiger partial charge in [-0.05, 0) is 42.2 Å². The first-order valence-corrected chi connectivity index (χ1v) is 8.06. The molecule has 0 atom stereocenters. The Labute approximate surface area is 136 Å². The molecule has 0 heterocycles. The molecule has 0 saturated carbocycles. The molecule has 3 heteroatoms. The van der Waals surface area contributed by atoms with E-state index in [0.717, 1.165) is 25.7 Å². The van der Waals surface area contributed by atoms with Gasteiger partial charge >= 0.3 is 0 Å². The number of ether oxygens (including phenoxy) is 1. The number of hydrogen-bond acceptors (Lipinski definition) is 1. The van der Waals surface area contributed by atoms with Crippen molar-refractivity contribution in [3.63, 3.8) is 0 Å². The average Bonchev–Trinajstić information content (AvgIpc) is 2.57. The molecule has 2 aromatic rings. The van der Waals surface area contributed by atoms with Gasteiger partial charge in [-0.2, -0.15) is 4.39 Å². The number of allylic oxidation sites excluding steroid dienone is 1. The molecular formula is C20H22F2O. The van der Waals surface area contributed by atoms with Gasteiger partial charge in [0.05, 0.1) is 6.26 Å². The minimum Gasteiger partial charge on any atom is -0.462 e. The summed E-state index contributed by atoms with van der Waals surface area (Å²) in [7, 11) is 0. The van der Waals surface area contributed by atoms with Crippen LogP contribution < -0.4 is 4.74 Å². The summed E-state index contributed by atoms with van der Waals surface area (Å²) in [4.78, 5) is 0. The molecule has 23 heavy (non-hydrogen) atoms. The van der Waals surface area contributed by atoms with Crippen LogP contribution >= 0.6 is 0 Å². The van der Waals surface area contributed by atoms with E-state index >= 15 is 0 Å². The van der Waals surface area contributed by atoms with Gasteiger partial charge in [-0.1, -0.05) is 51.0 Å². The first-order valence-electron chi connectivity index (χ1n) is 8.06. The zero-order valence-corrected chi connectivity index (χ0v) is 13.6. The highest BCUT2D eigenvalue weighted by molar-refractivity contribution is 5.65. The van der Waals surface area contributed by atoms with Crippen LogP contribution in [0.1, 0.15) is 38.7 Å². The lowest BCUT2D eigenvalue weighted by Crippen LogP contribution is -1.95. The van der Waals surface area contributed by atoms with E-state index in [1.807, 2.05) is 31.2 Å². The van der Waals surface area contributed by atoms with Crippen molar-refractivity contribution in [1.82, 2.24) is 0 Å². The molecule has 1 nitrogen and oxygen atoms in total. The van der Waals surface area contributed by atoms with Crippen molar-refractivity contribution < 1.29 is 13.5 Å². The van der Waals surface area contributed by atoms with E-state index in [9.17, 15) is 8.78 Å². The molecule has 0 bridgehead atoms. The van der Waals surface area contributed by atoms with Crippen molar-refractivity contribution in [2.75, 3.05) is 0 Å². The quantitative estimate of drug-likeness (QED) is 0.546. The van der Waals surface area contributed by atoms with Crippen LogP contribution in [0.25, 0.3) is 11.1 Å². The van der Waals surface area contributed by atoms with Gasteiger partial charge in [0.25, 0.3) is 0 Å². The van der Waals surface area contributed by atoms with Crippen molar-refractivity contribution in [3.8, 4) is 16.9 Å². The summed E-state index contributed by atoms with van der Waals surface area (Å²) in [5.74, 6) is -1.93. The van der Waals surface area contributed by atoms with Gasteiger partial charge in [0.1, 0.15) is 0 Å². The van der Waals surface area contributed by atoms with Crippen LogP contribution in [0.4, 0.5) is 8.78 Å². The molecule has 0 amide bonds. The Hall–Kier alpha value is -2.16. The SMILES string of the molecule is CCC/C=C/Oc1ccc(-c2ccc(CCC)cc2)c(F)c1F. The van der Waals surface area contributed by atoms with E-state index < -0.39 is 11.6 Å². The van der Waals surface area contributed by atoms with Gasteiger partial charge in [-0.25, -0.2) is 4.39 Å². The molecule has 0 unspecified atom stereocenters. The number of halogens is 2. The second-order valence-corrected chi connectivity index (χ2v) is 5.46. The smallest absolute Gasteiger partial charge is 0.201 e. The van der Waals surface area contributed by atoms with E-state index in [1.165, 1.54) is 17.9 Å². The van der Waals surface area contributed by atoms with E-state index in [-0.39, 0.29) is 11.3 Å². The summed E-state index contributed by atoms with van der Waals surface area (Å²) in [5, 5.41) is 0. The monoisotopic (exact) mass is 316 g/mol. The average molecular weight is 316 g/mol. The molecule has 0 aliphatic heterocycles. The van der Waals surface area contributed by atoms with Gasteiger partial charge < -0.3 is 4.74 Å². The number of unbranched alkanes of at least 4 members (excludes halogenated alkanes) is 1. The molecule has 0 spiro atoms. The third-order valence-corrected chi connectivity index (χ3v) is 3.60. The minimum atomic E-state index is -0.957. The maximum atomic E-state index is 14.3. The topological polar surface area (TPSA) is 9.23 Å². The van der Waals surface area contributed by atoms with Gasteiger partial charge in [0, 0.05) is 5.56 Å². The zero-order chi connectivity index (χ0) is 16.7. The zero-order valence-electron chi connectivity index (χ0n) is 13.6. The van der Waals surface area contributed by atoms with Gasteiger partial charge in [-0.15, -0.1) is 0 Å². The van der Waals surface area contributed by atoms with Crippen LogP contribution in [0.5, 0.6) is 5.75 Å². The van der Waals surface area contributed by atoms with Crippen LogP contribution in [-0.2, 0) is 6.42 Å². The third kappa shape index (κ3) is 4.41. The van der Waals surface area contributed by atoms with E-state index in [2.05, 4.69) is 6.92 Å². The summed E-state index contributed by atoms with van der Waals surface area (Å²) < 4.78 is 33.6. The molecule has 0 aromatic heterocycles. The first-order chi connectivity index (χ1) is 11.2. The number of benzene rings is 2. The Morgan fingerprint density at radius 1 is 0.913 bits per heavy atom. The molecular weight excluding hydrogens is 294 g/mol. The third-order valence-electron chi connectivity index (χ3n) is 3.60. The van der Waals surface area contributed by atoms with Gasteiger partial charge in [0.2, 0.25) is 5.82 Å². The maximum absolute atomic E-state index is 14.3. The van der Waals surface area contributed by atoms with Crippen molar-refractivity contribution in [1.29, 1.82) is 0 Å². The normalized spacial score (nSPS) is 11.1. The Balaban J connectivity index is 2.22. The van der Waals surface area contributed by atoms with Crippen molar-refractivity contribution in [2.45, 2.75) is 39.5 Å². The van der Waals surface area contributed by atoms with Crippen molar-refractivity contribution in [3.05, 3.63) is 65.9 Å². The highest BCUT2D eigenvalue weighted by Gasteiger charge is 2.15. The Morgan fingerprint density at radius 3 is 2.30 bits per heavy atom. The fourth-order valence-electron chi connectivity index (χ4n) is 2.34. The number of rotatable bonds is 7. The van der Waals surface area contributed by atoms with Crippen LogP contribution in [-0.4, -0.2) is 0 Å². The minimum absolute atomic E-state index is 0.0961. The predicted molar refractivity (Wildman–Crippen MR) is 90.5 cm³/mol. The van der Waals surface area contributed by atoms with Crippen molar-refractivity contribution >= 4 is 0 Å². The van der Waals surface area contributed by atoms with E-state index in [0.29, 0.717) is 5.56 Å². The molecule has 0 fully saturated rings. The molecule has 0 saturated heterocycles. The summed E-state index contributed by atoms with van der Waals surface area (Å²) in [5.41, 5.74) is 2.10. The molecule has 0 aliphatic rings.